The summed E-state index contributed by atoms with van der Waals surface area (Å²) in [6, 6.07) is 0.417. The Kier molecular flexibility index (Phi) is 1.96. The molecule has 0 bridgehead atoms. The molecule has 4 rings (SSSR count). The molecule has 0 aromatic carbocycles. The summed E-state index contributed by atoms with van der Waals surface area (Å²) in [6.45, 7) is 0.998. The lowest BCUT2D eigenvalue weighted by atomic mass is 9.88. The van der Waals surface area contributed by atoms with E-state index >= 15 is 0 Å². The Morgan fingerprint density at radius 3 is 3.39 bits per heavy atom. The maximum Gasteiger partial charge on any atom is 0.326 e. The summed E-state index contributed by atoms with van der Waals surface area (Å²) in [7, 11) is 1.49. The monoisotopic (exact) mass is 248 g/mol. The zero-order chi connectivity index (χ0) is 12.3. The van der Waals surface area contributed by atoms with E-state index in [1.165, 1.54) is 12.7 Å². The molecular weight excluding hydrogens is 232 g/mol. The molecule has 1 aromatic rings. The number of fused-ring (bicyclic) bond motifs is 5. The van der Waals surface area contributed by atoms with Gasteiger partial charge < -0.3 is 9.26 Å². The quantitative estimate of drug-likeness (QED) is 0.696. The van der Waals surface area contributed by atoms with Crippen LogP contribution >= 0.6 is 0 Å². The fourth-order valence-electron chi connectivity index (χ4n) is 4.29. The van der Waals surface area contributed by atoms with Gasteiger partial charge in [0.05, 0.1) is 12.8 Å². The van der Waals surface area contributed by atoms with Crippen molar-refractivity contribution in [2.75, 3.05) is 13.7 Å². The third-order valence-electron chi connectivity index (χ3n) is 4.98. The summed E-state index contributed by atoms with van der Waals surface area (Å²) in [5.41, 5.74) is 1.90. The molecule has 3 heterocycles. The van der Waals surface area contributed by atoms with Gasteiger partial charge in [-0.25, -0.2) is 0 Å². The van der Waals surface area contributed by atoms with Crippen LogP contribution in [0.3, 0.4) is 0 Å². The van der Waals surface area contributed by atoms with E-state index in [0.29, 0.717) is 12.0 Å². The molecule has 18 heavy (non-hydrogen) atoms. The number of carbonyl (C=O) groups excluding carboxylic acids is 1. The maximum absolute atomic E-state index is 12.2. The number of carbonyl (C=O) groups is 1. The summed E-state index contributed by atoms with van der Waals surface area (Å²) in [5, 5.41) is 4.13. The zero-order valence-electron chi connectivity index (χ0n) is 10.4. The minimum Gasteiger partial charge on any atom is -0.468 e. The number of esters is 1. The van der Waals surface area contributed by atoms with Gasteiger partial charge in [0.1, 0.15) is 11.8 Å². The zero-order valence-corrected chi connectivity index (χ0v) is 10.4. The molecule has 0 amide bonds. The summed E-state index contributed by atoms with van der Waals surface area (Å²) >= 11 is 0. The van der Waals surface area contributed by atoms with E-state index in [2.05, 4.69) is 10.1 Å². The second kappa shape index (κ2) is 3.35. The van der Waals surface area contributed by atoms with Crippen LogP contribution in [0, 0.1) is 0 Å². The fraction of sp³-hybridized carbons (Fsp3) is 0.692. The van der Waals surface area contributed by atoms with Crippen LogP contribution in [0.4, 0.5) is 0 Å². The molecule has 2 aliphatic heterocycles. The lowest BCUT2D eigenvalue weighted by Crippen LogP contribution is -2.49. The second-order valence-corrected chi connectivity index (χ2v) is 5.63. The number of aromatic nitrogens is 1. The number of hydrogen-bond acceptors (Lipinski definition) is 5. The molecule has 3 aliphatic rings. The first-order valence-electron chi connectivity index (χ1n) is 6.54. The van der Waals surface area contributed by atoms with E-state index in [0.717, 1.165) is 37.9 Å². The lowest BCUT2D eigenvalue weighted by Gasteiger charge is -2.31. The standard InChI is InChI=1S/C13H16N2O3/c1-17-12(16)13-3-2-4-15(13)10-5-8-7-18-14-11(8)9(10)6-13/h7,9-10H,2-6H2,1H3. The molecular formula is C13H16N2O3. The first-order chi connectivity index (χ1) is 8.76. The molecule has 0 radical (unpaired) electrons. The molecule has 2 saturated heterocycles. The minimum atomic E-state index is -0.388. The highest BCUT2D eigenvalue weighted by Gasteiger charge is 2.61. The molecule has 0 N–H and O–H groups in total. The van der Waals surface area contributed by atoms with Crippen LogP contribution in [-0.4, -0.2) is 41.3 Å². The van der Waals surface area contributed by atoms with Gasteiger partial charge in [-0.15, -0.1) is 0 Å². The Balaban J connectivity index is 1.75. The van der Waals surface area contributed by atoms with Crippen molar-refractivity contribution in [3.8, 4) is 0 Å². The number of nitrogens with zero attached hydrogens (tertiary/aromatic N) is 2. The van der Waals surface area contributed by atoms with Crippen LogP contribution < -0.4 is 0 Å². The summed E-state index contributed by atoms with van der Waals surface area (Å²) in [6.07, 6.45) is 5.55. The van der Waals surface area contributed by atoms with Crippen molar-refractivity contribution in [2.24, 2.45) is 0 Å². The Labute approximate surface area is 105 Å². The molecule has 0 saturated carbocycles. The maximum atomic E-state index is 12.2. The lowest BCUT2D eigenvalue weighted by molar-refractivity contribution is -0.152. The van der Waals surface area contributed by atoms with Gasteiger partial charge in [0, 0.05) is 17.5 Å². The largest absolute Gasteiger partial charge is 0.468 e. The third-order valence-corrected chi connectivity index (χ3v) is 4.98. The van der Waals surface area contributed by atoms with Gasteiger partial charge in [-0.05, 0) is 32.2 Å². The normalized spacial score (nSPS) is 37.4. The van der Waals surface area contributed by atoms with Crippen molar-refractivity contribution in [3.63, 3.8) is 0 Å². The number of hydrogen-bond donors (Lipinski definition) is 0. The third kappa shape index (κ3) is 1.06. The highest BCUT2D eigenvalue weighted by molar-refractivity contribution is 5.82. The fourth-order valence-corrected chi connectivity index (χ4v) is 4.29. The highest BCUT2D eigenvalue weighted by Crippen LogP contribution is 2.53. The van der Waals surface area contributed by atoms with E-state index in [4.69, 9.17) is 9.26 Å². The van der Waals surface area contributed by atoms with Gasteiger partial charge in [-0.2, -0.15) is 0 Å². The Bertz CT molecular complexity index is 512. The van der Waals surface area contributed by atoms with Crippen molar-refractivity contribution < 1.29 is 14.1 Å². The van der Waals surface area contributed by atoms with E-state index in [9.17, 15) is 4.79 Å². The van der Waals surface area contributed by atoms with E-state index in [-0.39, 0.29) is 11.5 Å². The smallest absolute Gasteiger partial charge is 0.326 e. The van der Waals surface area contributed by atoms with Crippen molar-refractivity contribution in [1.29, 1.82) is 0 Å². The molecule has 0 spiro atoms. The van der Waals surface area contributed by atoms with Crippen LogP contribution in [0.2, 0.25) is 0 Å². The van der Waals surface area contributed by atoms with Crippen LogP contribution in [0.1, 0.15) is 36.4 Å². The molecule has 96 valence electrons. The predicted molar refractivity (Wildman–Crippen MR) is 62.0 cm³/mol. The van der Waals surface area contributed by atoms with E-state index in [1.54, 1.807) is 6.26 Å². The summed E-state index contributed by atoms with van der Waals surface area (Å²) in [5.74, 6) is 0.276. The van der Waals surface area contributed by atoms with Crippen molar-refractivity contribution >= 4 is 5.97 Å². The van der Waals surface area contributed by atoms with Crippen molar-refractivity contribution in [2.45, 2.75) is 43.2 Å². The van der Waals surface area contributed by atoms with Crippen LogP contribution in [0.15, 0.2) is 10.8 Å². The highest BCUT2D eigenvalue weighted by atomic mass is 16.5. The van der Waals surface area contributed by atoms with Gasteiger partial charge in [0.25, 0.3) is 0 Å². The number of methoxy groups -OCH3 is 1. The molecule has 1 aliphatic carbocycles. The Hall–Kier alpha value is -1.36. The van der Waals surface area contributed by atoms with Crippen molar-refractivity contribution in [3.05, 3.63) is 17.5 Å². The SMILES string of the molecule is COC(=O)C12CCCN1C1Cc3conc3C1C2. The van der Waals surface area contributed by atoms with Gasteiger partial charge >= 0.3 is 5.97 Å². The molecule has 1 aromatic heterocycles. The first-order valence-corrected chi connectivity index (χ1v) is 6.54. The van der Waals surface area contributed by atoms with Gasteiger partial charge in [-0.1, -0.05) is 5.16 Å². The van der Waals surface area contributed by atoms with Crippen LogP contribution in [0.5, 0.6) is 0 Å². The molecule has 3 unspecified atom stereocenters. The van der Waals surface area contributed by atoms with E-state index < -0.39 is 0 Å². The first kappa shape index (κ1) is 10.6. The molecule has 5 heteroatoms. The summed E-state index contributed by atoms with van der Waals surface area (Å²) < 4.78 is 10.1. The molecule has 3 atom stereocenters. The topological polar surface area (TPSA) is 55.6 Å². The van der Waals surface area contributed by atoms with E-state index in [1.807, 2.05) is 0 Å². The Morgan fingerprint density at radius 1 is 1.67 bits per heavy atom. The number of ether oxygens (including phenoxy) is 1. The van der Waals surface area contributed by atoms with Gasteiger partial charge in [-0.3, -0.25) is 9.69 Å². The Morgan fingerprint density at radius 2 is 2.56 bits per heavy atom. The summed E-state index contributed by atoms with van der Waals surface area (Å²) in [4.78, 5) is 14.6. The average molecular weight is 248 g/mol. The van der Waals surface area contributed by atoms with Crippen LogP contribution in [-0.2, 0) is 16.0 Å². The average Bonchev–Trinajstić information content (AvgIpc) is 3.05. The molecule has 2 fully saturated rings. The van der Waals surface area contributed by atoms with Crippen molar-refractivity contribution in [1.82, 2.24) is 10.1 Å². The van der Waals surface area contributed by atoms with Gasteiger partial charge in [0.15, 0.2) is 0 Å². The molecule has 5 nitrogen and oxygen atoms in total. The van der Waals surface area contributed by atoms with Gasteiger partial charge in [0.2, 0.25) is 0 Å². The predicted octanol–water partition coefficient (Wildman–Crippen LogP) is 1.09. The van der Waals surface area contributed by atoms with Crippen LogP contribution in [0.25, 0.3) is 0 Å². The minimum absolute atomic E-state index is 0.0700. The second-order valence-electron chi connectivity index (χ2n) is 5.63. The number of rotatable bonds is 1.